The summed E-state index contributed by atoms with van der Waals surface area (Å²) in [6.07, 6.45) is 2.24. The highest BCUT2D eigenvalue weighted by Gasteiger charge is 2.45. The van der Waals surface area contributed by atoms with Gasteiger partial charge in [-0.05, 0) is 32.3 Å². The van der Waals surface area contributed by atoms with Crippen LogP contribution in [0.5, 0.6) is 0 Å². The van der Waals surface area contributed by atoms with Crippen LogP contribution in [0.2, 0.25) is 0 Å². The van der Waals surface area contributed by atoms with Crippen LogP contribution in [0.4, 0.5) is 0 Å². The molecule has 0 bridgehead atoms. The van der Waals surface area contributed by atoms with E-state index in [1.54, 1.807) is 9.58 Å². The molecule has 0 radical (unpaired) electrons. The third-order valence-electron chi connectivity index (χ3n) is 6.83. The Bertz CT molecular complexity index is 1010. The lowest BCUT2D eigenvalue weighted by molar-refractivity contribution is -0.128. The van der Waals surface area contributed by atoms with Crippen molar-refractivity contribution in [2.24, 2.45) is 13.0 Å². The van der Waals surface area contributed by atoms with Gasteiger partial charge in [-0.25, -0.2) is 4.68 Å². The maximum Gasteiger partial charge on any atom is 0.274 e. The van der Waals surface area contributed by atoms with Crippen LogP contribution in [-0.2, 0) is 41.0 Å². The molecule has 172 valence electrons. The fourth-order valence-electron chi connectivity index (χ4n) is 4.70. The molecule has 11 nitrogen and oxygen atoms in total. The van der Waals surface area contributed by atoms with E-state index in [2.05, 4.69) is 20.7 Å². The first kappa shape index (κ1) is 21.1. The molecule has 2 fully saturated rings. The molecule has 5 rings (SSSR count). The molecule has 1 spiro atoms. The fourth-order valence-corrected chi connectivity index (χ4v) is 4.70. The molecule has 3 aliphatic heterocycles. The van der Waals surface area contributed by atoms with Gasteiger partial charge in [-0.2, -0.15) is 5.10 Å². The maximum absolute atomic E-state index is 12.9. The minimum absolute atomic E-state index is 0.000397. The second-order valence-corrected chi connectivity index (χ2v) is 8.99. The van der Waals surface area contributed by atoms with Gasteiger partial charge in [0.15, 0.2) is 5.69 Å². The number of hydrogen-bond donors (Lipinski definition) is 1. The molecule has 5 heterocycles. The van der Waals surface area contributed by atoms with Crippen LogP contribution in [0.15, 0.2) is 6.07 Å². The average molecular weight is 444 g/mol. The normalized spacial score (nSPS) is 23.5. The van der Waals surface area contributed by atoms with Crippen molar-refractivity contribution >= 4 is 11.8 Å². The van der Waals surface area contributed by atoms with Gasteiger partial charge >= 0.3 is 0 Å². The zero-order valence-corrected chi connectivity index (χ0v) is 18.5. The van der Waals surface area contributed by atoms with Crippen molar-refractivity contribution in [1.82, 2.24) is 35.0 Å². The van der Waals surface area contributed by atoms with E-state index >= 15 is 0 Å². The van der Waals surface area contributed by atoms with Crippen molar-refractivity contribution in [1.29, 1.82) is 0 Å². The molecule has 0 aromatic carbocycles. The molecular weight excluding hydrogens is 414 g/mol. The van der Waals surface area contributed by atoms with Crippen molar-refractivity contribution < 1.29 is 19.1 Å². The lowest BCUT2D eigenvalue weighted by Gasteiger charge is -2.33. The van der Waals surface area contributed by atoms with Crippen molar-refractivity contribution in [3.05, 3.63) is 28.8 Å². The van der Waals surface area contributed by atoms with Crippen LogP contribution < -0.4 is 5.32 Å². The fraction of sp³-hybridized carbons (Fsp3) is 0.667. The van der Waals surface area contributed by atoms with E-state index in [9.17, 15) is 9.59 Å². The Labute approximate surface area is 186 Å². The molecule has 32 heavy (non-hydrogen) atoms. The summed E-state index contributed by atoms with van der Waals surface area (Å²) in [5.74, 6) is -0.0346. The number of ether oxygens (including phenoxy) is 2. The Morgan fingerprint density at radius 3 is 2.84 bits per heavy atom. The van der Waals surface area contributed by atoms with Crippen LogP contribution >= 0.6 is 0 Å². The molecule has 3 aliphatic rings. The van der Waals surface area contributed by atoms with Crippen LogP contribution in [0.1, 0.15) is 46.8 Å². The molecule has 1 atom stereocenters. The van der Waals surface area contributed by atoms with Gasteiger partial charge in [0.05, 0.1) is 31.9 Å². The minimum Gasteiger partial charge on any atom is -0.381 e. The predicted octanol–water partition coefficient (Wildman–Crippen LogP) is 0.178. The molecule has 2 saturated heterocycles. The zero-order chi connectivity index (χ0) is 22.3. The highest BCUT2D eigenvalue weighted by molar-refractivity contribution is 5.92. The number of nitrogens with one attached hydrogen (secondary N) is 1. The van der Waals surface area contributed by atoms with Gasteiger partial charge in [-0.1, -0.05) is 5.21 Å². The van der Waals surface area contributed by atoms with Crippen molar-refractivity contribution in [2.45, 2.75) is 51.5 Å². The number of hydrogen-bond acceptors (Lipinski definition) is 7. The number of carbonyl (C=O) groups is 2. The number of likely N-dealkylation sites (tertiary alicyclic amines) is 1. The van der Waals surface area contributed by atoms with E-state index < -0.39 is 5.60 Å². The first-order valence-corrected chi connectivity index (χ1v) is 11.1. The van der Waals surface area contributed by atoms with E-state index in [0.29, 0.717) is 51.7 Å². The van der Waals surface area contributed by atoms with Crippen molar-refractivity contribution in [3.8, 4) is 0 Å². The van der Waals surface area contributed by atoms with E-state index in [1.165, 1.54) is 0 Å². The van der Waals surface area contributed by atoms with Crippen molar-refractivity contribution in [2.75, 3.05) is 26.3 Å². The highest BCUT2D eigenvalue weighted by Crippen LogP contribution is 2.33. The van der Waals surface area contributed by atoms with E-state index in [0.717, 1.165) is 36.3 Å². The Morgan fingerprint density at radius 1 is 1.28 bits per heavy atom. The molecule has 2 amide bonds. The second kappa shape index (κ2) is 8.28. The largest absolute Gasteiger partial charge is 0.381 e. The summed E-state index contributed by atoms with van der Waals surface area (Å²) in [4.78, 5) is 27.1. The SMILES string of the molecule is Cc1cc(C(=O)N2CCC3(C2)Cn2nnc(CNC(=O)C4CCOCC4)c2CO3)nn1C. The Morgan fingerprint density at radius 2 is 2.09 bits per heavy atom. The van der Waals surface area contributed by atoms with Gasteiger partial charge in [-0.3, -0.25) is 14.3 Å². The first-order chi connectivity index (χ1) is 15.4. The predicted molar refractivity (Wildman–Crippen MR) is 111 cm³/mol. The summed E-state index contributed by atoms with van der Waals surface area (Å²) < 4.78 is 15.2. The molecule has 0 saturated carbocycles. The average Bonchev–Trinajstić information content (AvgIpc) is 3.50. The second-order valence-electron chi connectivity index (χ2n) is 8.99. The number of rotatable bonds is 4. The zero-order valence-electron chi connectivity index (χ0n) is 18.5. The topological polar surface area (TPSA) is 116 Å². The van der Waals surface area contributed by atoms with Gasteiger partial charge in [0.25, 0.3) is 5.91 Å². The summed E-state index contributed by atoms with van der Waals surface area (Å²) in [5.41, 5.74) is 2.55. The van der Waals surface area contributed by atoms with Gasteiger partial charge < -0.3 is 19.7 Å². The van der Waals surface area contributed by atoms with Gasteiger partial charge in [0.1, 0.15) is 11.3 Å². The standard InChI is InChI=1S/C21H29N7O4/c1-14-9-16(24-26(14)2)20(30)27-6-5-21(12-27)13-28-18(11-32-21)17(23-25-28)10-22-19(29)15-3-7-31-8-4-15/h9,15H,3-8,10-13H2,1-2H3,(H,22,29). The highest BCUT2D eigenvalue weighted by atomic mass is 16.5. The molecule has 11 heteroatoms. The number of aromatic nitrogens is 5. The smallest absolute Gasteiger partial charge is 0.274 e. The lowest BCUT2D eigenvalue weighted by Crippen LogP contribution is -2.45. The van der Waals surface area contributed by atoms with Crippen LogP contribution in [0.3, 0.4) is 0 Å². The number of carbonyl (C=O) groups excluding carboxylic acids is 2. The molecule has 2 aromatic rings. The molecule has 2 aromatic heterocycles. The van der Waals surface area contributed by atoms with Gasteiger partial charge in [0.2, 0.25) is 5.91 Å². The quantitative estimate of drug-likeness (QED) is 0.716. The van der Waals surface area contributed by atoms with Crippen LogP contribution in [0, 0.1) is 12.8 Å². The number of fused-ring (bicyclic) bond motifs is 1. The number of nitrogens with zero attached hydrogens (tertiary/aromatic N) is 6. The Hall–Kier alpha value is -2.79. The third kappa shape index (κ3) is 3.90. The summed E-state index contributed by atoms with van der Waals surface area (Å²) in [7, 11) is 1.83. The Balaban J connectivity index is 1.20. The number of aryl methyl sites for hydroxylation is 2. The third-order valence-corrected chi connectivity index (χ3v) is 6.83. The van der Waals surface area contributed by atoms with Gasteiger partial charge in [-0.15, -0.1) is 5.10 Å². The van der Waals surface area contributed by atoms with Crippen LogP contribution in [0.25, 0.3) is 0 Å². The van der Waals surface area contributed by atoms with E-state index in [4.69, 9.17) is 9.47 Å². The lowest BCUT2D eigenvalue weighted by atomic mass is 9.99. The molecule has 1 N–H and O–H groups in total. The Kier molecular flexibility index (Phi) is 5.46. The van der Waals surface area contributed by atoms with E-state index in [-0.39, 0.29) is 17.7 Å². The summed E-state index contributed by atoms with van der Waals surface area (Å²) in [6, 6.07) is 1.81. The minimum atomic E-state index is -0.469. The van der Waals surface area contributed by atoms with E-state index in [1.807, 2.05) is 24.7 Å². The first-order valence-electron chi connectivity index (χ1n) is 11.1. The molecule has 0 aliphatic carbocycles. The van der Waals surface area contributed by atoms with Gasteiger partial charge in [0, 0.05) is 38.4 Å². The molecular formula is C21H29N7O4. The molecule has 1 unspecified atom stereocenters. The van der Waals surface area contributed by atoms with Crippen LogP contribution in [-0.4, -0.2) is 73.4 Å². The number of amides is 2. The van der Waals surface area contributed by atoms with Crippen molar-refractivity contribution in [3.63, 3.8) is 0 Å². The summed E-state index contributed by atoms with van der Waals surface area (Å²) in [6.45, 7) is 5.54. The maximum atomic E-state index is 12.9. The summed E-state index contributed by atoms with van der Waals surface area (Å²) in [5, 5.41) is 15.9. The summed E-state index contributed by atoms with van der Waals surface area (Å²) >= 11 is 0. The monoisotopic (exact) mass is 443 g/mol.